The van der Waals surface area contributed by atoms with E-state index in [0.717, 1.165) is 25.9 Å². The van der Waals surface area contributed by atoms with E-state index in [1.165, 1.54) is 11.2 Å². The molecular formula is C25H30N2O6. The maximum absolute atomic E-state index is 13.1. The first-order valence-electron chi connectivity index (χ1n) is 11.4. The van der Waals surface area contributed by atoms with Crippen LogP contribution in [0.15, 0.2) is 52.7 Å². The molecule has 4 rings (SSSR count). The van der Waals surface area contributed by atoms with Gasteiger partial charge in [-0.15, -0.1) is 0 Å². The highest BCUT2D eigenvalue weighted by Gasteiger charge is 2.47. The average Bonchev–Trinajstić information content (AvgIpc) is 3.45. The third kappa shape index (κ3) is 5.12. The predicted molar refractivity (Wildman–Crippen MR) is 122 cm³/mol. The van der Waals surface area contributed by atoms with Crippen molar-refractivity contribution in [1.82, 2.24) is 9.80 Å². The maximum atomic E-state index is 13.1. The predicted octanol–water partition coefficient (Wildman–Crippen LogP) is 3.21. The summed E-state index contributed by atoms with van der Waals surface area (Å²) in [5.41, 5.74) is 0.453. The van der Waals surface area contributed by atoms with Crippen molar-refractivity contribution >= 4 is 17.4 Å². The summed E-state index contributed by atoms with van der Waals surface area (Å²) in [6.07, 6.45) is 3.43. The number of carbonyl (C=O) groups excluding carboxylic acids is 2. The summed E-state index contributed by atoms with van der Waals surface area (Å²) < 4.78 is 16.7. The van der Waals surface area contributed by atoms with Crippen LogP contribution in [0.25, 0.3) is 5.76 Å². The van der Waals surface area contributed by atoms with E-state index in [1.54, 1.807) is 36.4 Å². The Morgan fingerprint density at radius 1 is 1.15 bits per heavy atom. The standard InChI is InChI=1S/C25H30N2O6/c1-2-3-13-32-19-7-4-6-18(17-19)23(28)21-22(20-8-5-14-33-20)27(25(30)24(21)29)10-9-26-11-15-31-16-12-26/h4-8,14,17,22,28H,2-3,9-13,15-16H2,1H3. The van der Waals surface area contributed by atoms with Gasteiger partial charge in [0.1, 0.15) is 23.3 Å². The van der Waals surface area contributed by atoms with Crippen molar-refractivity contribution in [1.29, 1.82) is 0 Å². The molecule has 33 heavy (non-hydrogen) atoms. The van der Waals surface area contributed by atoms with Crippen molar-refractivity contribution in [3.05, 3.63) is 59.6 Å². The number of unbranched alkanes of at least 4 members (excludes halogenated alkanes) is 1. The third-order valence-electron chi connectivity index (χ3n) is 5.99. The first kappa shape index (κ1) is 23.1. The van der Waals surface area contributed by atoms with Gasteiger partial charge in [0.15, 0.2) is 0 Å². The van der Waals surface area contributed by atoms with Gasteiger partial charge in [-0.1, -0.05) is 25.5 Å². The van der Waals surface area contributed by atoms with Crippen LogP contribution >= 0.6 is 0 Å². The van der Waals surface area contributed by atoms with Crippen LogP contribution in [0.1, 0.15) is 37.1 Å². The Balaban J connectivity index is 1.64. The number of benzene rings is 1. The van der Waals surface area contributed by atoms with Crippen molar-refractivity contribution in [2.75, 3.05) is 46.0 Å². The summed E-state index contributed by atoms with van der Waals surface area (Å²) in [7, 11) is 0. The van der Waals surface area contributed by atoms with E-state index in [2.05, 4.69) is 11.8 Å². The normalized spacial score (nSPS) is 21.0. The number of carbonyl (C=O) groups is 2. The van der Waals surface area contributed by atoms with Crippen molar-refractivity contribution in [2.24, 2.45) is 0 Å². The number of amides is 1. The summed E-state index contributed by atoms with van der Waals surface area (Å²) in [6, 6.07) is 9.58. The molecule has 2 aliphatic rings. The first-order valence-corrected chi connectivity index (χ1v) is 11.4. The molecule has 0 radical (unpaired) electrons. The molecule has 8 heteroatoms. The molecule has 2 saturated heterocycles. The zero-order valence-corrected chi connectivity index (χ0v) is 18.9. The van der Waals surface area contributed by atoms with Gasteiger partial charge in [-0.3, -0.25) is 14.5 Å². The van der Waals surface area contributed by atoms with Crippen LogP contribution in [-0.4, -0.2) is 72.6 Å². The van der Waals surface area contributed by atoms with E-state index in [1.807, 2.05) is 0 Å². The minimum atomic E-state index is -0.786. The number of Topliss-reactive ketones (excluding diaryl/α,β-unsaturated/α-hetero) is 1. The number of furan rings is 1. The highest BCUT2D eigenvalue weighted by molar-refractivity contribution is 6.46. The number of rotatable bonds is 9. The van der Waals surface area contributed by atoms with Gasteiger partial charge in [-0.25, -0.2) is 0 Å². The lowest BCUT2D eigenvalue weighted by Gasteiger charge is -2.30. The second-order valence-corrected chi connectivity index (χ2v) is 8.19. The molecule has 176 valence electrons. The molecule has 0 saturated carbocycles. The molecule has 1 aromatic heterocycles. The average molecular weight is 455 g/mol. The Bertz CT molecular complexity index is 994. The molecule has 0 bridgehead atoms. The van der Waals surface area contributed by atoms with Crippen molar-refractivity contribution in [2.45, 2.75) is 25.8 Å². The van der Waals surface area contributed by atoms with Crippen LogP contribution in [0, 0.1) is 0 Å². The lowest BCUT2D eigenvalue weighted by molar-refractivity contribution is -0.140. The highest BCUT2D eigenvalue weighted by Crippen LogP contribution is 2.39. The summed E-state index contributed by atoms with van der Waals surface area (Å²) >= 11 is 0. The fraction of sp³-hybridized carbons (Fsp3) is 0.440. The molecule has 1 unspecified atom stereocenters. The monoisotopic (exact) mass is 454 g/mol. The van der Waals surface area contributed by atoms with Gasteiger partial charge in [0.2, 0.25) is 0 Å². The second kappa shape index (κ2) is 10.7. The van der Waals surface area contributed by atoms with Crippen LogP contribution in [-0.2, 0) is 14.3 Å². The molecule has 1 N–H and O–H groups in total. The van der Waals surface area contributed by atoms with E-state index in [0.29, 0.717) is 50.0 Å². The van der Waals surface area contributed by atoms with E-state index in [-0.39, 0.29) is 11.3 Å². The van der Waals surface area contributed by atoms with Gasteiger partial charge in [-0.2, -0.15) is 0 Å². The van der Waals surface area contributed by atoms with Gasteiger partial charge in [-0.05, 0) is 30.7 Å². The van der Waals surface area contributed by atoms with Crippen LogP contribution in [0.4, 0.5) is 0 Å². The smallest absolute Gasteiger partial charge is 0.295 e. The Kier molecular flexibility index (Phi) is 7.47. The van der Waals surface area contributed by atoms with Crippen LogP contribution in [0.3, 0.4) is 0 Å². The molecule has 1 amide bonds. The Morgan fingerprint density at radius 2 is 1.97 bits per heavy atom. The molecule has 0 aliphatic carbocycles. The number of hydrogen-bond acceptors (Lipinski definition) is 7. The molecule has 0 spiro atoms. The topological polar surface area (TPSA) is 92.5 Å². The first-order chi connectivity index (χ1) is 16.1. The van der Waals surface area contributed by atoms with E-state index in [9.17, 15) is 14.7 Å². The van der Waals surface area contributed by atoms with Crippen LogP contribution < -0.4 is 4.74 Å². The molecule has 1 atom stereocenters. The summed E-state index contributed by atoms with van der Waals surface area (Å²) in [4.78, 5) is 29.7. The fourth-order valence-corrected chi connectivity index (χ4v) is 4.15. The van der Waals surface area contributed by atoms with Crippen molar-refractivity contribution < 1.29 is 28.6 Å². The lowest BCUT2D eigenvalue weighted by Crippen LogP contribution is -2.42. The number of hydrogen-bond donors (Lipinski definition) is 1. The summed E-state index contributed by atoms with van der Waals surface area (Å²) in [6.45, 7) is 6.45. The number of aliphatic hydroxyl groups is 1. The van der Waals surface area contributed by atoms with Gasteiger partial charge >= 0.3 is 0 Å². The Hall–Kier alpha value is -3.10. The molecule has 2 fully saturated rings. The zero-order chi connectivity index (χ0) is 23.2. The van der Waals surface area contributed by atoms with Gasteiger partial charge in [0.05, 0.1) is 31.7 Å². The molecular weight excluding hydrogens is 424 g/mol. The molecule has 1 aromatic carbocycles. The number of ketones is 1. The minimum absolute atomic E-state index is 0.0302. The fourth-order valence-electron chi connectivity index (χ4n) is 4.15. The van der Waals surface area contributed by atoms with E-state index in [4.69, 9.17) is 13.9 Å². The SMILES string of the molecule is CCCCOc1cccc(C(O)=C2C(=O)C(=O)N(CCN3CCOCC3)C2c2ccco2)c1. The molecule has 2 aromatic rings. The van der Waals surface area contributed by atoms with Crippen LogP contribution in [0.5, 0.6) is 5.75 Å². The summed E-state index contributed by atoms with van der Waals surface area (Å²) in [5, 5.41) is 11.2. The maximum Gasteiger partial charge on any atom is 0.295 e. The second-order valence-electron chi connectivity index (χ2n) is 8.19. The molecule has 2 aliphatic heterocycles. The van der Waals surface area contributed by atoms with Gasteiger partial charge in [0, 0.05) is 31.7 Å². The quantitative estimate of drug-likeness (QED) is 0.269. The minimum Gasteiger partial charge on any atom is -0.507 e. The third-order valence-corrected chi connectivity index (χ3v) is 5.99. The van der Waals surface area contributed by atoms with Crippen molar-refractivity contribution in [3.63, 3.8) is 0 Å². The van der Waals surface area contributed by atoms with Gasteiger partial charge in [0.25, 0.3) is 11.7 Å². The highest BCUT2D eigenvalue weighted by atomic mass is 16.5. The Morgan fingerprint density at radius 3 is 2.70 bits per heavy atom. The molecule has 8 nitrogen and oxygen atoms in total. The van der Waals surface area contributed by atoms with Gasteiger partial charge < -0.3 is 23.9 Å². The number of nitrogens with zero attached hydrogens (tertiary/aromatic N) is 2. The number of aliphatic hydroxyl groups excluding tert-OH is 1. The lowest BCUT2D eigenvalue weighted by atomic mass is 9.99. The van der Waals surface area contributed by atoms with E-state index < -0.39 is 17.7 Å². The summed E-state index contributed by atoms with van der Waals surface area (Å²) in [5.74, 6) is -0.545. The zero-order valence-electron chi connectivity index (χ0n) is 18.9. The number of morpholine rings is 1. The number of likely N-dealkylation sites (tertiary alicyclic amines) is 1. The van der Waals surface area contributed by atoms with Crippen LogP contribution in [0.2, 0.25) is 0 Å². The van der Waals surface area contributed by atoms with Crippen molar-refractivity contribution in [3.8, 4) is 5.75 Å². The largest absolute Gasteiger partial charge is 0.507 e. The molecule has 3 heterocycles. The Labute approximate surface area is 193 Å². The number of ether oxygens (including phenoxy) is 2. The van der Waals surface area contributed by atoms with E-state index >= 15 is 0 Å².